The van der Waals surface area contributed by atoms with E-state index in [0.29, 0.717) is 11.7 Å². The second-order valence-electron chi connectivity index (χ2n) is 4.44. The van der Waals surface area contributed by atoms with Crippen molar-refractivity contribution < 1.29 is 4.79 Å². The van der Waals surface area contributed by atoms with E-state index in [-0.39, 0.29) is 5.41 Å². The Labute approximate surface area is 80.3 Å². The van der Waals surface area contributed by atoms with E-state index in [1.165, 1.54) is 0 Å². The maximum absolute atomic E-state index is 11.5. The molecule has 0 spiro atoms. The highest BCUT2D eigenvalue weighted by Crippen LogP contribution is 2.20. The van der Waals surface area contributed by atoms with E-state index in [1.807, 2.05) is 32.5 Å². The Balaban J connectivity index is 3.85. The van der Waals surface area contributed by atoms with Crippen molar-refractivity contribution in [3.8, 4) is 0 Å². The molecule has 0 amide bonds. The molecule has 1 unspecified atom stereocenters. The van der Waals surface area contributed by atoms with Gasteiger partial charge in [-0.15, -0.1) is 0 Å². The molecule has 0 heterocycles. The summed E-state index contributed by atoms with van der Waals surface area (Å²) in [6.45, 7) is 8.10. The number of rotatable bonds is 4. The maximum Gasteiger partial charge on any atom is 0.138 e. The van der Waals surface area contributed by atoms with Crippen LogP contribution in [0.3, 0.4) is 0 Å². The van der Waals surface area contributed by atoms with Gasteiger partial charge in [-0.3, -0.25) is 4.79 Å². The molecule has 0 saturated heterocycles. The first-order chi connectivity index (χ1) is 5.38. The minimum atomic E-state index is -0.160. The van der Waals surface area contributed by atoms with Gasteiger partial charge in [0.2, 0.25) is 0 Å². The van der Waals surface area contributed by atoms with Crippen LogP contribution in [0.15, 0.2) is 0 Å². The van der Waals surface area contributed by atoms with Crippen LogP contribution >= 0.6 is 11.8 Å². The van der Waals surface area contributed by atoms with Crippen molar-refractivity contribution in [2.24, 2.45) is 11.3 Å². The lowest BCUT2D eigenvalue weighted by Gasteiger charge is -2.19. The van der Waals surface area contributed by atoms with Crippen molar-refractivity contribution in [3.63, 3.8) is 0 Å². The quantitative estimate of drug-likeness (QED) is 0.674. The smallest absolute Gasteiger partial charge is 0.138 e. The molecule has 0 fully saturated rings. The molecule has 0 aliphatic carbocycles. The van der Waals surface area contributed by atoms with Gasteiger partial charge in [-0.2, -0.15) is 11.8 Å². The first-order valence-electron chi connectivity index (χ1n) is 4.40. The standard InChI is InChI=1S/C10H20OS/c1-8(7-12-5)6-9(11)10(2,3)4/h8H,6-7H2,1-5H3. The third-order valence-corrected chi connectivity index (χ3v) is 2.72. The molecule has 12 heavy (non-hydrogen) atoms. The molecule has 0 radical (unpaired) electrons. The van der Waals surface area contributed by atoms with Gasteiger partial charge >= 0.3 is 0 Å². The first kappa shape index (κ1) is 12.0. The second kappa shape index (κ2) is 4.90. The predicted octanol–water partition coefficient (Wildman–Crippen LogP) is 2.99. The molecule has 0 saturated carbocycles. The van der Waals surface area contributed by atoms with Gasteiger partial charge in [-0.1, -0.05) is 27.7 Å². The van der Waals surface area contributed by atoms with E-state index in [9.17, 15) is 4.79 Å². The summed E-state index contributed by atoms with van der Waals surface area (Å²) in [6, 6.07) is 0. The van der Waals surface area contributed by atoms with Crippen LogP contribution in [0.25, 0.3) is 0 Å². The SMILES string of the molecule is CSCC(C)CC(=O)C(C)(C)C. The Morgan fingerprint density at radius 3 is 2.25 bits per heavy atom. The molecular weight excluding hydrogens is 168 g/mol. The molecule has 0 aliphatic heterocycles. The largest absolute Gasteiger partial charge is 0.299 e. The fourth-order valence-electron chi connectivity index (χ4n) is 0.966. The Morgan fingerprint density at radius 1 is 1.42 bits per heavy atom. The fraction of sp³-hybridized carbons (Fsp3) is 0.900. The molecule has 0 bridgehead atoms. The van der Waals surface area contributed by atoms with Gasteiger partial charge in [0.15, 0.2) is 0 Å². The van der Waals surface area contributed by atoms with Crippen LogP contribution < -0.4 is 0 Å². The van der Waals surface area contributed by atoms with E-state index < -0.39 is 0 Å². The number of hydrogen-bond donors (Lipinski definition) is 0. The predicted molar refractivity (Wildman–Crippen MR) is 56.6 cm³/mol. The minimum absolute atomic E-state index is 0.160. The fourth-order valence-corrected chi connectivity index (χ4v) is 1.65. The molecule has 0 N–H and O–H groups in total. The number of Topliss-reactive ketones (excluding diaryl/α,β-unsaturated/α-hetero) is 1. The zero-order valence-corrected chi connectivity index (χ0v) is 9.62. The summed E-state index contributed by atoms with van der Waals surface area (Å²) in [5.74, 6) is 1.98. The Kier molecular flexibility index (Phi) is 4.91. The van der Waals surface area contributed by atoms with E-state index >= 15 is 0 Å². The Morgan fingerprint density at radius 2 is 1.92 bits per heavy atom. The number of carbonyl (C=O) groups is 1. The highest BCUT2D eigenvalue weighted by atomic mass is 32.2. The van der Waals surface area contributed by atoms with Gasteiger partial charge in [0.25, 0.3) is 0 Å². The molecule has 0 aromatic carbocycles. The monoisotopic (exact) mass is 188 g/mol. The van der Waals surface area contributed by atoms with E-state index in [4.69, 9.17) is 0 Å². The van der Waals surface area contributed by atoms with Crippen molar-refractivity contribution in [2.75, 3.05) is 12.0 Å². The summed E-state index contributed by atoms with van der Waals surface area (Å²) in [5.41, 5.74) is -0.160. The third kappa shape index (κ3) is 4.81. The van der Waals surface area contributed by atoms with Crippen molar-refractivity contribution in [1.82, 2.24) is 0 Å². The maximum atomic E-state index is 11.5. The average Bonchev–Trinajstić information content (AvgIpc) is 1.85. The lowest BCUT2D eigenvalue weighted by atomic mass is 9.86. The number of ketones is 1. The summed E-state index contributed by atoms with van der Waals surface area (Å²) in [7, 11) is 0. The summed E-state index contributed by atoms with van der Waals surface area (Å²) in [5, 5.41) is 0. The lowest BCUT2D eigenvalue weighted by molar-refractivity contribution is -0.126. The zero-order valence-electron chi connectivity index (χ0n) is 8.81. The van der Waals surface area contributed by atoms with Gasteiger partial charge in [0, 0.05) is 11.8 Å². The van der Waals surface area contributed by atoms with Crippen molar-refractivity contribution in [3.05, 3.63) is 0 Å². The molecule has 0 aromatic rings. The minimum Gasteiger partial charge on any atom is -0.299 e. The first-order valence-corrected chi connectivity index (χ1v) is 5.79. The van der Waals surface area contributed by atoms with Gasteiger partial charge in [-0.25, -0.2) is 0 Å². The van der Waals surface area contributed by atoms with Gasteiger partial charge in [-0.05, 0) is 17.9 Å². The average molecular weight is 188 g/mol. The van der Waals surface area contributed by atoms with Gasteiger partial charge in [0.05, 0.1) is 0 Å². The van der Waals surface area contributed by atoms with Crippen LogP contribution in [-0.2, 0) is 4.79 Å². The van der Waals surface area contributed by atoms with E-state index in [0.717, 1.165) is 12.2 Å². The van der Waals surface area contributed by atoms with E-state index in [2.05, 4.69) is 13.2 Å². The van der Waals surface area contributed by atoms with Crippen molar-refractivity contribution in [2.45, 2.75) is 34.1 Å². The topological polar surface area (TPSA) is 17.1 Å². The van der Waals surface area contributed by atoms with Crippen molar-refractivity contribution >= 4 is 17.5 Å². The summed E-state index contributed by atoms with van der Waals surface area (Å²) < 4.78 is 0. The highest BCUT2D eigenvalue weighted by Gasteiger charge is 2.22. The summed E-state index contributed by atoms with van der Waals surface area (Å²) in [6.07, 6.45) is 2.81. The third-order valence-electron chi connectivity index (χ3n) is 1.82. The molecule has 2 heteroatoms. The molecular formula is C10H20OS. The van der Waals surface area contributed by atoms with Crippen LogP contribution in [0, 0.1) is 11.3 Å². The van der Waals surface area contributed by atoms with Gasteiger partial charge in [0.1, 0.15) is 5.78 Å². The van der Waals surface area contributed by atoms with E-state index in [1.54, 1.807) is 0 Å². The lowest BCUT2D eigenvalue weighted by Crippen LogP contribution is -2.22. The summed E-state index contributed by atoms with van der Waals surface area (Å²) >= 11 is 1.81. The van der Waals surface area contributed by atoms with Crippen LogP contribution in [0.4, 0.5) is 0 Å². The zero-order chi connectivity index (χ0) is 9.78. The molecule has 0 aromatic heterocycles. The number of carbonyl (C=O) groups excluding carboxylic acids is 1. The number of hydrogen-bond acceptors (Lipinski definition) is 2. The Hall–Kier alpha value is 0.0200. The number of thioether (sulfide) groups is 1. The molecule has 72 valence electrons. The van der Waals surface area contributed by atoms with Crippen LogP contribution in [0.1, 0.15) is 34.1 Å². The normalized spacial score (nSPS) is 14.4. The van der Waals surface area contributed by atoms with Crippen LogP contribution in [-0.4, -0.2) is 17.8 Å². The second-order valence-corrected chi connectivity index (χ2v) is 5.35. The van der Waals surface area contributed by atoms with Gasteiger partial charge < -0.3 is 0 Å². The summed E-state index contributed by atoms with van der Waals surface area (Å²) in [4.78, 5) is 11.5. The molecule has 1 atom stereocenters. The molecule has 0 rings (SSSR count). The Bertz CT molecular complexity index is 146. The molecule has 1 nitrogen and oxygen atoms in total. The van der Waals surface area contributed by atoms with Crippen LogP contribution in [0.2, 0.25) is 0 Å². The van der Waals surface area contributed by atoms with Crippen molar-refractivity contribution in [1.29, 1.82) is 0 Å². The highest BCUT2D eigenvalue weighted by molar-refractivity contribution is 7.98. The molecule has 0 aliphatic rings. The van der Waals surface area contributed by atoms with Crippen LogP contribution in [0.5, 0.6) is 0 Å².